The highest BCUT2D eigenvalue weighted by molar-refractivity contribution is 6.32. The highest BCUT2D eigenvalue weighted by Crippen LogP contribution is 2.38. The summed E-state index contributed by atoms with van der Waals surface area (Å²) in [6.07, 6.45) is 3.43. The van der Waals surface area contributed by atoms with E-state index in [0.717, 1.165) is 42.6 Å². The summed E-state index contributed by atoms with van der Waals surface area (Å²) in [5.74, 6) is 0.971. The lowest BCUT2D eigenvalue weighted by molar-refractivity contribution is -0.157. The molecule has 1 aromatic heterocycles. The van der Waals surface area contributed by atoms with Gasteiger partial charge >= 0.3 is 5.97 Å². The van der Waals surface area contributed by atoms with Gasteiger partial charge in [-0.2, -0.15) is 0 Å². The van der Waals surface area contributed by atoms with Crippen LogP contribution < -0.4 is 4.74 Å². The van der Waals surface area contributed by atoms with Crippen molar-refractivity contribution in [2.45, 2.75) is 39.2 Å². The highest BCUT2D eigenvalue weighted by atomic mass is 35.5. The van der Waals surface area contributed by atoms with Crippen molar-refractivity contribution in [3.63, 3.8) is 0 Å². The minimum absolute atomic E-state index is 0.107. The van der Waals surface area contributed by atoms with Crippen molar-refractivity contribution in [1.82, 2.24) is 9.47 Å². The number of benzene rings is 2. The van der Waals surface area contributed by atoms with E-state index in [1.165, 1.54) is 5.56 Å². The van der Waals surface area contributed by atoms with Crippen LogP contribution in [0.2, 0.25) is 5.02 Å². The molecule has 1 saturated heterocycles. The lowest BCUT2D eigenvalue weighted by Crippen LogP contribution is -2.48. The molecule has 36 heavy (non-hydrogen) atoms. The second-order valence-corrected chi connectivity index (χ2v) is 11.0. The summed E-state index contributed by atoms with van der Waals surface area (Å²) >= 11 is 12.2. The number of hydrogen-bond acceptors (Lipinski definition) is 4. The molecule has 0 amide bonds. The number of esters is 1. The lowest BCUT2D eigenvalue weighted by Gasteiger charge is -2.39. The maximum Gasteiger partial charge on any atom is 0.306 e. The van der Waals surface area contributed by atoms with E-state index in [1.54, 1.807) is 6.07 Å². The van der Waals surface area contributed by atoms with Crippen molar-refractivity contribution in [2.24, 2.45) is 5.92 Å². The first-order chi connectivity index (χ1) is 17.2. The van der Waals surface area contributed by atoms with Gasteiger partial charge in [-0.05, 0) is 69.0 Å². The fourth-order valence-corrected chi connectivity index (χ4v) is 4.88. The molecule has 2 aromatic carbocycles. The molecule has 0 atom stereocenters. The smallest absolute Gasteiger partial charge is 0.306 e. The van der Waals surface area contributed by atoms with E-state index in [9.17, 15) is 4.79 Å². The molecule has 8 heteroatoms. The predicted octanol–water partition coefficient (Wildman–Crippen LogP) is 6.66. The molecule has 0 aliphatic carbocycles. The van der Waals surface area contributed by atoms with Crippen molar-refractivity contribution in [3.8, 4) is 11.4 Å². The van der Waals surface area contributed by atoms with Gasteiger partial charge in [0.15, 0.2) is 0 Å². The average Bonchev–Trinajstić information content (AvgIpc) is 3.21. The van der Waals surface area contributed by atoms with Gasteiger partial charge < -0.3 is 18.9 Å². The molecular formula is C28H31Cl2N3O3. The molecule has 0 saturated carbocycles. The Morgan fingerprint density at radius 1 is 1.19 bits per heavy atom. The number of ether oxygens (including phenoxy) is 2. The molecule has 1 fully saturated rings. The van der Waals surface area contributed by atoms with Gasteiger partial charge in [-0.3, -0.25) is 4.79 Å². The molecule has 0 unspecified atom stereocenters. The fraction of sp³-hybridized carbons (Fsp3) is 0.429. The van der Waals surface area contributed by atoms with Crippen LogP contribution >= 0.6 is 23.2 Å². The maximum atomic E-state index is 12.0. The monoisotopic (exact) mass is 527 g/mol. The molecule has 4 rings (SSSR count). The summed E-state index contributed by atoms with van der Waals surface area (Å²) in [5.41, 5.74) is 3.05. The van der Waals surface area contributed by atoms with Crippen LogP contribution in [0.1, 0.15) is 32.8 Å². The van der Waals surface area contributed by atoms with E-state index in [2.05, 4.69) is 34.0 Å². The van der Waals surface area contributed by atoms with E-state index in [1.807, 2.05) is 37.6 Å². The van der Waals surface area contributed by atoms with E-state index in [0.29, 0.717) is 41.3 Å². The third kappa shape index (κ3) is 6.34. The van der Waals surface area contributed by atoms with Gasteiger partial charge in [0, 0.05) is 36.9 Å². The van der Waals surface area contributed by atoms with Gasteiger partial charge in [-0.25, -0.2) is 4.85 Å². The van der Waals surface area contributed by atoms with Gasteiger partial charge in [0.2, 0.25) is 5.69 Å². The minimum atomic E-state index is -0.425. The topological polar surface area (TPSA) is 48.1 Å². The van der Waals surface area contributed by atoms with Crippen molar-refractivity contribution in [2.75, 3.05) is 32.1 Å². The van der Waals surface area contributed by atoms with Crippen LogP contribution in [0.4, 0.5) is 5.69 Å². The van der Waals surface area contributed by atoms with Gasteiger partial charge in [-0.15, -0.1) is 11.6 Å². The summed E-state index contributed by atoms with van der Waals surface area (Å²) < 4.78 is 13.0. The SMILES string of the molecule is [C-]#[N+]c1cc(-n2ccc3cc(CCN4CC(CC(=O)OC(C)(C)C)C4)ccc32)cc(Cl)c1OCCCl. The Morgan fingerprint density at radius 2 is 1.97 bits per heavy atom. The third-order valence-corrected chi connectivity index (χ3v) is 6.55. The van der Waals surface area contributed by atoms with Crippen LogP contribution in [-0.2, 0) is 16.0 Å². The zero-order valence-electron chi connectivity index (χ0n) is 20.9. The predicted molar refractivity (Wildman–Crippen MR) is 145 cm³/mol. The molecule has 2 heterocycles. The standard InChI is InChI=1S/C28H31Cl2N3O3/c1-28(2,3)36-26(34)14-20-17-32(18-20)10-7-19-5-6-25-21(13-19)8-11-33(25)22-15-23(30)27(35-12-9-29)24(16-22)31-4/h5-6,8,11,13,15-16,20H,7,9-10,12,14,17-18H2,1-3H3. The second-order valence-electron chi connectivity index (χ2n) is 10.2. The van der Waals surface area contributed by atoms with Crippen molar-refractivity contribution in [3.05, 3.63) is 64.6 Å². The Hall–Kier alpha value is -2.72. The third-order valence-electron chi connectivity index (χ3n) is 6.11. The van der Waals surface area contributed by atoms with Crippen molar-refractivity contribution >= 4 is 45.8 Å². The number of carbonyl (C=O) groups excluding carboxylic acids is 1. The molecule has 1 aliphatic rings. The molecule has 0 N–H and O–H groups in total. The quantitative estimate of drug-likeness (QED) is 0.177. The van der Waals surface area contributed by atoms with Crippen LogP contribution in [0, 0.1) is 12.5 Å². The number of carbonyl (C=O) groups is 1. The van der Waals surface area contributed by atoms with E-state index in [-0.39, 0.29) is 5.97 Å². The van der Waals surface area contributed by atoms with Crippen LogP contribution in [-0.4, -0.2) is 53.2 Å². The molecule has 0 bridgehead atoms. The number of alkyl halides is 1. The first-order valence-electron chi connectivity index (χ1n) is 12.1. The Bertz CT molecular complexity index is 1280. The highest BCUT2D eigenvalue weighted by Gasteiger charge is 2.30. The lowest BCUT2D eigenvalue weighted by atomic mass is 9.95. The van der Waals surface area contributed by atoms with Gasteiger partial charge in [0.25, 0.3) is 0 Å². The number of fused-ring (bicyclic) bond motifs is 1. The summed E-state index contributed by atoms with van der Waals surface area (Å²) in [7, 11) is 0. The Labute approximate surface area is 222 Å². The summed E-state index contributed by atoms with van der Waals surface area (Å²) in [6.45, 7) is 16.4. The van der Waals surface area contributed by atoms with Crippen LogP contribution in [0.3, 0.4) is 0 Å². The first-order valence-corrected chi connectivity index (χ1v) is 13.0. The van der Waals surface area contributed by atoms with Gasteiger partial charge in [-0.1, -0.05) is 17.7 Å². The molecule has 1 aliphatic heterocycles. The maximum absolute atomic E-state index is 12.0. The Morgan fingerprint density at radius 3 is 2.67 bits per heavy atom. The normalized spacial score (nSPS) is 14.4. The molecule has 3 aromatic rings. The summed E-state index contributed by atoms with van der Waals surface area (Å²) in [5, 5.41) is 1.52. The van der Waals surface area contributed by atoms with E-state index in [4.69, 9.17) is 39.2 Å². The second kappa shape index (κ2) is 11.1. The fourth-order valence-electron chi connectivity index (χ4n) is 4.54. The number of aromatic nitrogens is 1. The Kier molecular flexibility index (Phi) is 8.14. The van der Waals surface area contributed by atoms with Crippen LogP contribution in [0.15, 0.2) is 42.6 Å². The number of likely N-dealkylation sites (tertiary alicyclic amines) is 1. The number of rotatable bonds is 9. The molecule has 0 radical (unpaired) electrons. The number of nitrogens with zero attached hydrogens (tertiary/aromatic N) is 3. The minimum Gasteiger partial charge on any atom is -0.502 e. The van der Waals surface area contributed by atoms with Gasteiger partial charge in [0.1, 0.15) is 11.4 Å². The largest absolute Gasteiger partial charge is 0.502 e. The van der Waals surface area contributed by atoms with Gasteiger partial charge in [0.05, 0.1) is 36.0 Å². The van der Waals surface area contributed by atoms with E-state index < -0.39 is 5.60 Å². The average molecular weight is 528 g/mol. The summed E-state index contributed by atoms with van der Waals surface area (Å²) in [6, 6.07) is 12.1. The summed E-state index contributed by atoms with van der Waals surface area (Å²) in [4.78, 5) is 18.0. The van der Waals surface area contributed by atoms with E-state index >= 15 is 0 Å². The van der Waals surface area contributed by atoms with Crippen molar-refractivity contribution < 1.29 is 14.3 Å². The molecule has 0 spiro atoms. The molecule has 6 nitrogen and oxygen atoms in total. The molecule has 190 valence electrons. The molecular weight excluding hydrogens is 497 g/mol. The zero-order chi connectivity index (χ0) is 25.9. The zero-order valence-corrected chi connectivity index (χ0v) is 22.4. The number of hydrogen-bond donors (Lipinski definition) is 0. The first kappa shape index (κ1) is 26.3. The van der Waals surface area contributed by atoms with Crippen LogP contribution in [0.25, 0.3) is 21.4 Å². The Balaban J connectivity index is 1.38. The van der Waals surface area contributed by atoms with Crippen molar-refractivity contribution in [1.29, 1.82) is 0 Å². The van der Waals surface area contributed by atoms with Crippen LogP contribution in [0.5, 0.6) is 5.75 Å². The number of halogens is 2.